The molecule has 234 valence electrons. The van der Waals surface area contributed by atoms with Crippen molar-refractivity contribution in [2.75, 3.05) is 40.3 Å². The van der Waals surface area contributed by atoms with E-state index in [-0.39, 0.29) is 47.8 Å². The Labute approximate surface area is 260 Å². The third-order valence-electron chi connectivity index (χ3n) is 8.76. The molecule has 1 fully saturated rings. The third kappa shape index (κ3) is 6.04. The lowest BCUT2D eigenvalue weighted by Gasteiger charge is -2.30. The fourth-order valence-corrected chi connectivity index (χ4v) is 6.29. The normalized spacial score (nSPS) is 15.7. The van der Waals surface area contributed by atoms with Crippen molar-refractivity contribution in [3.8, 4) is 16.9 Å². The molecule has 0 radical (unpaired) electrons. The minimum absolute atomic E-state index is 0.0174. The summed E-state index contributed by atoms with van der Waals surface area (Å²) < 4.78 is 23.8. The molecule has 4 aromatic rings. The van der Waals surface area contributed by atoms with Crippen molar-refractivity contribution >= 4 is 34.2 Å². The summed E-state index contributed by atoms with van der Waals surface area (Å²) >= 11 is 0. The number of fused-ring (bicyclic) bond motifs is 1. The Hall–Kier alpha value is -5.00. The summed E-state index contributed by atoms with van der Waals surface area (Å²) in [6, 6.07) is 11.0. The average molecular weight is 614 g/mol. The van der Waals surface area contributed by atoms with Crippen LogP contribution < -0.4 is 10.1 Å². The summed E-state index contributed by atoms with van der Waals surface area (Å²) in [5, 5.41) is 11.0. The number of benzene rings is 2. The van der Waals surface area contributed by atoms with E-state index in [1.165, 1.54) is 0 Å². The van der Waals surface area contributed by atoms with Crippen LogP contribution in [0.3, 0.4) is 0 Å². The Bertz CT molecular complexity index is 1760. The number of halogens is 1. The summed E-state index contributed by atoms with van der Waals surface area (Å²) in [6.07, 6.45) is 7.24. The molecular weight excluding hydrogens is 577 g/mol. The molecule has 11 nitrogen and oxygen atoms in total. The highest BCUT2D eigenvalue weighted by Gasteiger charge is 2.30. The van der Waals surface area contributed by atoms with E-state index in [2.05, 4.69) is 20.6 Å². The lowest BCUT2D eigenvalue weighted by molar-refractivity contribution is -0.131. The van der Waals surface area contributed by atoms with Crippen molar-refractivity contribution in [1.29, 1.82) is 0 Å². The van der Waals surface area contributed by atoms with Gasteiger partial charge in [-0.05, 0) is 48.6 Å². The number of aryl methyl sites for hydroxylation is 1. The van der Waals surface area contributed by atoms with Crippen LogP contribution in [0.5, 0.6) is 5.75 Å². The largest absolute Gasteiger partial charge is 0.496 e. The van der Waals surface area contributed by atoms with Gasteiger partial charge in [-0.1, -0.05) is 29.5 Å². The van der Waals surface area contributed by atoms with Crippen molar-refractivity contribution in [3.63, 3.8) is 0 Å². The van der Waals surface area contributed by atoms with Crippen LogP contribution in [0.4, 0.5) is 4.39 Å². The van der Waals surface area contributed by atoms with Crippen LogP contribution in [0.15, 0.2) is 54.9 Å². The second-order valence-electron chi connectivity index (χ2n) is 11.4. The van der Waals surface area contributed by atoms with Gasteiger partial charge >= 0.3 is 0 Å². The van der Waals surface area contributed by atoms with Gasteiger partial charge in [0.15, 0.2) is 5.82 Å². The van der Waals surface area contributed by atoms with Gasteiger partial charge in [0.2, 0.25) is 11.8 Å². The van der Waals surface area contributed by atoms with Crippen molar-refractivity contribution in [1.82, 2.24) is 35.1 Å². The van der Waals surface area contributed by atoms with Crippen LogP contribution in [0.1, 0.15) is 41.7 Å². The molecule has 2 aliphatic rings. The van der Waals surface area contributed by atoms with Gasteiger partial charge in [-0.15, -0.1) is 5.10 Å². The van der Waals surface area contributed by atoms with Crippen LogP contribution in [0, 0.1) is 11.7 Å². The Morgan fingerprint density at radius 2 is 1.87 bits per heavy atom. The number of para-hydroxylation sites is 1. The van der Waals surface area contributed by atoms with Crippen molar-refractivity contribution < 1.29 is 23.5 Å². The maximum atomic E-state index is 16.5. The van der Waals surface area contributed by atoms with Crippen LogP contribution in [-0.4, -0.2) is 87.8 Å². The zero-order valence-corrected chi connectivity index (χ0v) is 25.4. The second kappa shape index (κ2) is 12.9. The van der Waals surface area contributed by atoms with E-state index < -0.39 is 5.82 Å². The third-order valence-corrected chi connectivity index (χ3v) is 8.76. The lowest BCUT2D eigenvalue weighted by Crippen LogP contribution is -2.42. The number of carbonyl (C=O) groups is 3. The number of rotatable bonds is 8. The van der Waals surface area contributed by atoms with E-state index >= 15 is 4.39 Å². The number of likely N-dealkylation sites (tertiary alicyclic amines) is 1. The fourth-order valence-electron chi connectivity index (χ4n) is 6.29. The molecule has 0 spiro atoms. The number of hydrogen-bond donors (Lipinski definition) is 2. The fraction of sp³-hybridized carbons (Fsp3) is 0.364. The smallest absolute Gasteiger partial charge is 0.270 e. The van der Waals surface area contributed by atoms with E-state index in [0.717, 1.165) is 5.56 Å². The molecule has 6 rings (SSSR count). The van der Waals surface area contributed by atoms with E-state index in [1.54, 1.807) is 53.2 Å². The maximum Gasteiger partial charge on any atom is 0.270 e. The van der Waals surface area contributed by atoms with Gasteiger partial charge in [-0.3, -0.25) is 19.1 Å². The van der Waals surface area contributed by atoms with Gasteiger partial charge in [-0.2, -0.15) is 0 Å². The number of ether oxygens (including phenoxy) is 1. The highest BCUT2D eigenvalue weighted by atomic mass is 19.1. The first-order valence-corrected chi connectivity index (χ1v) is 15.2. The lowest BCUT2D eigenvalue weighted by atomic mass is 9.92. The van der Waals surface area contributed by atoms with Crippen LogP contribution >= 0.6 is 0 Å². The molecule has 2 aliphatic heterocycles. The molecule has 0 bridgehead atoms. The van der Waals surface area contributed by atoms with Gasteiger partial charge in [0, 0.05) is 68.3 Å². The van der Waals surface area contributed by atoms with E-state index in [9.17, 15) is 14.4 Å². The Kier molecular flexibility index (Phi) is 8.63. The standard InChI is InChI=1S/C33H36FN7O4/c1-35-32(43)21-9-14-39(15-10-21)33(44)27-19-26-25(23-7-3-4-8-28(23)45-2)18-24(30(34)31(26)37-27)22-6-5-13-40(20-22)29(42)11-16-41-17-12-36-38-41/h3-4,6-8,12,17-19,21,37H,5,9-11,13-16,20H2,1-2H3,(H,35,43). The van der Waals surface area contributed by atoms with Crippen molar-refractivity contribution in [2.24, 2.45) is 5.92 Å². The average Bonchev–Trinajstić information content (AvgIpc) is 3.78. The van der Waals surface area contributed by atoms with Crippen molar-refractivity contribution in [3.05, 3.63) is 71.9 Å². The molecule has 2 aromatic carbocycles. The van der Waals surface area contributed by atoms with Gasteiger partial charge < -0.3 is 24.8 Å². The molecule has 0 saturated carbocycles. The van der Waals surface area contributed by atoms with Crippen LogP contribution in [0.25, 0.3) is 27.6 Å². The summed E-state index contributed by atoms with van der Waals surface area (Å²) in [5.41, 5.74) is 3.02. The SMILES string of the molecule is CNC(=O)C1CCN(C(=O)c2cc3c(-c4ccccc4OC)cc(C4=CCCN(C(=O)CCn5ccnn5)C4)c(F)c3[nH]2)CC1. The zero-order valence-electron chi connectivity index (χ0n) is 25.4. The molecule has 12 heteroatoms. The Balaban J connectivity index is 1.34. The number of amides is 3. The van der Waals surface area contributed by atoms with Crippen LogP contribution in [0.2, 0.25) is 0 Å². The zero-order chi connectivity index (χ0) is 31.5. The highest BCUT2D eigenvalue weighted by molar-refractivity contribution is 6.05. The predicted octanol–water partition coefficient (Wildman–Crippen LogP) is 3.88. The van der Waals surface area contributed by atoms with Gasteiger partial charge in [-0.25, -0.2) is 4.39 Å². The minimum atomic E-state index is -0.482. The molecule has 1 saturated heterocycles. The molecule has 2 aromatic heterocycles. The van der Waals surface area contributed by atoms with Crippen LogP contribution in [-0.2, 0) is 16.1 Å². The molecular formula is C33H36FN7O4. The van der Waals surface area contributed by atoms with Gasteiger partial charge in [0.25, 0.3) is 5.91 Å². The van der Waals surface area contributed by atoms with E-state index in [1.807, 2.05) is 30.3 Å². The Morgan fingerprint density at radius 3 is 2.60 bits per heavy atom. The number of aromatic amines is 1. The molecule has 45 heavy (non-hydrogen) atoms. The summed E-state index contributed by atoms with van der Waals surface area (Å²) in [5.74, 6) is -0.300. The molecule has 3 amide bonds. The number of nitrogens with one attached hydrogen (secondary N) is 2. The topological polar surface area (TPSA) is 125 Å². The molecule has 2 N–H and O–H groups in total. The minimum Gasteiger partial charge on any atom is -0.496 e. The molecule has 4 heterocycles. The summed E-state index contributed by atoms with van der Waals surface area (Å²) in [4.78, 5) is 45.4. The second-order valence-corrected chi connectivity index (χ2v) is 11.4. The first-order chi connectivity index (χ1) is 21.9. The number of aromatic nitrogens is 4. The Morgan fingerprint density at radius 1 is 1.07 bits per heavy atom. The summed E-state index contributed by atoms with van der Waals surface area (Å²) in [6.45, 7) is 2.09. The highest BCUT2D eigenvalue weighted by Crippen LogP contribution is 2.40. The maximum absolute atomic E-state index is 16.5. The van der Waals surface area contributed by atoms with E-state index in [4.69, 9.17) is 4.74 Å². The van der Waals surface area contributed by atoms with E-state index in [0.29, 0.717) is 73.3 Å². The van der Waals surface area contributed by atoms with Gasteiger partial charge in [0.1, 0.15) is 11.4 Å². The molecule has 0 atom stereocenters. The van der Waals surface area contributed by atoms with Crippen molar-refractivity contribution in [2.45, 2.75) is 32.2 Å². The first kappa shape index (κ1) is 30.0. The number of methoxy groups -OCH3 is 1. The number of hydrogen-bond acceptors (Lipinski definition) is 6. The number of carbonyl (C=O) groups excluding carboxylic acids is 3. The first-order valence-electron chi connectivity index (χ1n) is 15.2. The quantitative estimate of drug-likeness (QED) is 0.311. The number of piperidine rings is 1. The monoisotopic (exact) mass is 613 g/mol. The number of H-pyrrole nitrogens is 1. The molecule has 0 aliphatic carbocycles. The summed E-state index contributed by atoms with van der Waals surface area (Å²) in [7, 11) is 3.20. The predicted molar refractivity (Wildman–Crippen MR) is 167 cm³/mol. The van der Waals surface area contributed by atoms with Gasteiger partial charge in [0.05, 0.1) is 25.4 Å². The number of nitrogens with zero attached hydrogens (tertiary/aromatic N) is 5. The molecule has 0 unspecified atom stereocenters.